The van der Waals surface area contributed by atoms with Crippen LogP contribution in [0.1, 0.15) is 13.3 Å². The highest BCUT2D eigenvalue weighted by molar-refractivity contribution is 9.10. The molecule has 2 amide bonds. The van der Waals surface area contributed by atoms with Crippen LogP contribution in [0.3, 0.4) is 0 Å². The fraction of sp³-hybridized carbons (Fsp3) is 0.250. The predicted molar refractivity (Wildman–Crippen MR) is 116 cm³/mol. The molecule has 146 valence electrons. The van der Waals surface area contributed by atoms with Crippen molar-refractivity contribution in [1.82, 2.24) is 4.90 Å². The minimum Gasteiger partial charge on any atom is -0.494 e. The number of carbonyl (C=O) groups excluding carboxylic acids is 2. The van der Waals surface area contributed by atoms with E-state index in [-0.39, 0.29) is 18.2 Å². The van der Waals surface area contributed by atoms with Gasteiger partial charge in [-0.3, -0.25) is 14.5 Å². The number of benzene rings is 2. The first kappa shape index (κ1) is 20.4. The van der Waals surface area contributed by atoms with Crippen molar-refractivity contribution in [1.29, 1.82) is 0 Å². The molecule has 0 spiro atoms. The number of hydrogen-bond donors (Lipinski definition) is 1. The Hall–Kier alpha value is -2.32. The summed E-state index contributed by atoms with van der Waals surface area (Å²) < 4.78 is 6.35. The molecule has 0 radical (unpaired) electrons. The van der Waals surface area contributed by atoms with E-state index in [1.165, 1.54) is 16.7 Å². The summed E-state index contributed by atoms with van der Waals surface area (Å²) in [5.74, 6) is 0.411. The van der Waals surface area contributed by atoms with Crippen molar-refractivity contribution in [3.05, 3.63) is 53.0 Å². The van der Waals surface area contributed by atoms with Gasteiger partial charge in [0, 0.05) is 23.6 Å². The lowest BCUT2D eigenvalue weighted by atomic mass is 10.2. The van der Waals surface area contributed by atoms with Crippen molar-refractivity contribution < 1.29 is 14.3 Å². The van der Waals surface area contributed by atoms with Crippen LogP contribution in [-0.2, 0) is 9.59 Å². The summed E-state index contributed by atoms with van der Waals surface area (Å²) in [5.41, 5.74) is 1.42. The number of amidine groups is 1. The maximum atomic E-state index is 12.5. The third kappa shape index (κ3) is 5.14. The van der Waals surface area contributed by atoms with E-state index in [2.05, 4.69) is 26.2 Å². The SMILES string of the molecule is CCOc1ccc(NC(=O)CC2SC(=Nc3ccc(Br)cc3)N(C)C2=O)cc1. The van der Waals surface area contributed by atoms with Gasteiger partial charge < -0.3 is 10.1 Å². The topological polar surface area (TPSA) is 71.0 Å². The molecule has 1 unspecified atom stereocenters. The Morgan fingerprint density at radius 3 is 2.54 bits per heavy atom. The third-order valence-electron chi connectivity index (χ3n) is 4.01. The molecule has 8 heteroatoms. The van der Waals surface area contributed by atoms with E-state index in [4.69, 9.17) is 4.74 Å². The lowest BCUT2D eigenvalue weighted by Gasteiger charge is -2.10. The van der Waals surface area contributed by atoms with Crippen molar-refractivity contribution >= 4 is 56.0 Å². The van der Waals surface area contributed by atoms with E-state index in [1.54, 1.807) is 31.3 Å². The molecule has 6 nitrogen and oxygen atoms in total. The Morgan fingerprint density at radius 2 is 1.89 bits per heavy atom. The summed E-state index contributed by atoms with van der Waals surface area (Å²) in [6.07, 6.45) is 0.0837. The van der Waals surface area contributed by atoms with Crippen LogP contribution in [0.2, 0.25) is 0 Å². The standard InChI is InChI=1S/C20H20BrN3O3S/c1-3-27-16-10-8-14(9-11-16)22-18(25)12-17-19(26)24(2)20(28-17)23-15-6-4-13(21)5-7-15/h4-11,17H,3,12H2,1-2H3,(H,22,25). The normalized spacial score (nSPS) is 17.8. The van der Waals surface area contributed by atoms with Gasteiger partial charge in [0.15, 0.2) is 5.17 Å². The second kappa shape index (κ2) is 9.25. The van der Waals surface area contributed by atoms with Gasteiger partial charge in [0.2, 0.25) is 11.8 Å². The first-order valence-electron chi connectivity index (χ1n) is 8.77. The molecule has 1 heterocycles. The molecule has 1 saturated heterocycles. The van der Waals surface area contributed by atoms with E-state index in [0.717, 1.165) is 15.9 Å². The summed E-state index contributed by atoms with van der Waals surface area (Å²) in [4.78, 5) is 30.9. The number of rotatable bonds is 6. The van der Waals surface area contributed by atoms with Gasteiger partial charge in [-0.25, -0.2) is 4.99 Å². The highest BCUT2D eigenvalue weighted by Crippen LogP contribution is 2.31. The smallest absolute Gasteiger partial charge is 0.242 e. The third-order valence-corrected chi connectivity index (χ3v) is 5.77. The van der Waals surface area contributed by atoms with Crippen LogP contribution in [0.15, 0.2) is 58.0 Å². The Morgan fingerprint density at radius 1 is 1.21 bits per heavy atom. The number of anilines is 1. The molecule has 28 heavy (non-hydrogen) atoms. The Labute approximate surface area is 176 Å². The molecule has 2 aromatic carbocycles. The van der Waals surface area contributed by atoms with Crippen LogP contribution >= 0.6 is 27.7 Å². The van der Waals surface area contributed by atoms with Crippen LogP contribution in [0, 0.1) is 0 Å². The Balaban J connectivity index is 1.61. The van der Waals surface area contributed by atoms with E-state index in [1.807, 2.05) is 31.2 Å². The highest BCUT2D eigenvalue weighted by atomic mass is 79.9. The monoisotopic (exact) mass is 461 g/mol. The van der Waals surface area contributed by atoms with Gasteiger partial charge in [-0.2, -0.15) is 0 Å². The lowest BCUT2D eigenvalue weighted by Crippen LogP contribution is -2.30. The number of thioether (sulfide) groups is 1. The number of amides is 2. The molecule has 1 aliphatic rings. The molecule has 1 atom stereocenters. The molecule has 1 aliphatic heterocycles. The minimum absolute atomic E-state index is 0.0837. The van der Waals surface area contributed by atoms with Gasteiger partial charge in [-0.15, -0.1) is 0 Å². The zero-order valence-electron chi connectivity index (χ0n) is 15.5. The zero-order valence-corrected chi connectivity index (χ0v) is 17.9. The van der Waals surface area contributed by atoms with Gasteiger partial charge >= 0.3 is 0 Å². The number of nitrogens with one attached hydrogen (secondary N) is 1. The molecule has 0 saturated carbocycles. The van der Waals surface area contributed by atoms with E-state index >= 15 is 0 Å². The fourth-order valence-corrected chi connectivity index (χ4v) is 4.02. The highest BCUT2D eigenvalue weighted by Gasteiger charge is 2.36. The molecule has 0 bridgehead atoms. The summed E-state index contributed by atoms with van der Waals surface area (Å²) in [7, 11) is 1.68. The van der Waals surface area contributed by atoms with Gasteiger partial charge in [-0.1, -0.05) is 27.7 Å². The predicted octanol–water partition coefficient (Wildman–Crippen LogP) is 4.44. The van der Waals surface area contributed by atoms with Crippen LogP contribution in [-0.4, -0.2) is 40.8 Å². The van der Waals surface area contributed by atoms with Crippen LogP contribution in [0.25, 0.3) is 0 Å². The average Bonchev–Trinajstić information content (AvgIpc) is 2.93. The maximum absolute atomic E-state index is 12.5. The first-order valence-corrected chi connectivity index (χ1v) is 10.4. The van der Waals surface area contributed by atoms with E-state index in [0.29, 0.717) is 17.5 Å². The van der Waals surface area contributed by atoms with Crippen molar-refractivity contribution in [2.45, 2.75) is 18.6 Å². The minimum atomic E-state index is -0.484. The molecule has 1 N–H and O–H groups in total. The van der Waals surface area contributed by atoms with Crippen molar-refractivity contribution in [2.24, 2.45) is 4.99 Å². The van der Waals surface area contributed by atoms with Crippen LogP contribution in [0.5, 0.6) is 5.75 Å². The van der Waals surface area contributed by atoms with Gasteiger partial charge in [0.1, 0.15) is 11.0 Å². The number of halogens is 1. The van der Waals surface area contributed by atoms with Crippen molar-refractivity contribution in [2.75, 3.05) is 19.0 Å². The second-order valence-electron chi connectivity index (χ2n) is 6.08. The first-order chi connectivity index (χ1) is 13.5. The molecule has 2 aromatic rings. The number of aliphatic imine (C=N–C) groups is 1. The van der Waals surface area contributed by atoms with Gasteiger partial charge in [0.25, 0.3) is 0 Å². The second-order valence-corrected chi connectivity index (χ2v) is 8.17. The maximum Gasteiger partial charge on any atom is 0.242 e. The summed E-state index contributed by atoms with van der Waals surface area (Å²) in [5, 5.41) is 2.93. The zero-order chi connectivity index (χ0) is 20.1. The van der Waals surface area contributed by atoms with Crippen molar-refractivity contribution in [3.63, 3.8) is 0 Å². The Bertz CT molecular complexity index is 885. The molecule has 0 aliphatic carbocycles. The van der Waals surface area contributed by atoms with Gasteiger partial charge in [-0.05, 0) is 55.5 Å². The number of carbonyl (C=O) groups is 2. The number of hydrogen-bond acceptors (Lipinski definition) is 5. The lowest BCUT2D eigenvalue weighted by molar-refractivity contribution is -0.127. The number of ether oxygens (including phenoxy) is 1. The van der Waals surface area contributed by atoms with E-state index < -0.39 is 5.25 Å². The summed E-state index contributed by atoms with van der Waals surface area (Å²) in [6.45, 7) is 2.50. The van der Waals surface area contributed by atoms with Crippen LogP contribution in [0.4, 0.5) is 11.4 Å². The summed E-state index contributed by atoms with van der Waals surface area (Å²) in [6, 6.07) is 14.7. The Kier molecular flexibility index (Phi) is 6.74. The number of nitrogens with zero attached hydrogens (tertiary/aromatic N) is 2. The quantitative estimate of drug-likeness (QED) is 0.689. The van der Waals surface area contributed by atoms with Gasteiger partial charge in [0.05, 0.1) is 12.3 Å². The largest absolute Gasteiger partial charge is 0.494 e. The molecule has 0 aromatic heterocycles. The van der Waals surface area contributed by atoms with E-state index in [9.17, 15) is 9.59 Å². The molecular weight excluding hydrogens is 442 g/mol. The molecule has 1 fully saturated rings. The van der Waals surface area contributed by atoms with Crippen LogP contribution < -0.4 is 10.1 Å². The fourth-order valence-electron chi connectivity index (χ4n) is 2.60. The summed E-state index contributed by atoms with van der Waals surface area (Å²) >= 11 is 4.69. The average molecular weight is 462 g/mol. The molecular formula is C20H20BrN3O3S. The van der Waals surface area contributed by atoms with Crippen molar-refractivity contribution in [3.8, 4) is 5.75 Å². The molecule has 3 rings (SSSR count).